The summed E-state index contributed by atoms with van der Waals surface area (Å²) < 4.78 is 0. The van der Waals surface area contributed by atoms with Crippen LogP contribution in [0.15, 0.2) is 97.2 Å². The molecule has 2 heterocycles. The average Bonchev–Trinajstić information content (AvgIpc) is 2.88. The molecule has 0 bridgehead atoms. The zero-order valence-electron chi connectivity index (χ0n) is 20.1. The van der Waals surface area contributed by atoms with Crippen molar-refractivity contribution < 1.29 is 0 Å². The van der Waals surface area contributed by atoms with Gasteiger partial charge in [-0.25, -0.2) is 9.97 Å². The van der Waals surface area contributed by atoms with Crippen LogP contribution in [-0.4, -0.2) is 15.0 Å². The number of benzene rings is 4. The summed E-state index contributed by atoms with van der Waals surface area (Å²) in [6, 6.07) is 31.5. The maximum absolute atomic E-state index is 5.19. The Morgan fingerprint density at radius 2 is 1.31 bits per heavy atom. The normalized spacial score (nSPS) is 11.3. The van der Waals surface area contributed by atoms with Crippen molar-refractivity contribution in [1.82, 2.24) is 15.0 Å². The Balaban J connectivity index is 1.64. The molecule has 168 valence electrons. The highest BCUT2D eigenvalue weighted by molar-refractivity contribution is 6.02. The van der Waals surface area contributed by atoms with Crippen LogP contribution in [0.1, 0.15) is 16.7 Å². The van der Waals surface area contributed by atoms with Crippen molar-refractivity contribution in [1.29, 1.82) is 0 Å². The standard InChI is InChI=1S/C32H25N3/c1-20-18-21(2)29(22(3)19-20)31-26-12-7-8-15-28(26)34-32(35-31)27-14-9-13-25-24(16-17-33-30(25)27)23-10-5-4-6-11-23/h4-19H,1-3H3. The zero-order valence-corrected chi connectivity index (χ0v) is 20.1. The van der Waals surface area contributed by atoms with E-state index in [1.807, 2.05) is 18.3 Å². The minimum absolute atomic E-state index is 0.696. The number of hydrogen-bond donors (Lipinski definition) is 0. The first kappa shape index (κ1) is 21.2. The molecule has 0 aliphatic carbocycles. The van der Waals surface area contributed by atoms with Crippen LogP contribution in [0.4, 0.5) is 0 Å². The van der Waals surface area contributed by atoms with E-state index in [1.54, 1.807) is 0 Å². The summed E-state index contributed by atoms with van der Waals surface area (Å²) in [7, 11) is 0. The minimum atomic E-state index is 0.696. The first-order valence-corrected chi connectivity index (χ1v) is 11.9. The van der Waals surface area contributed by atoms with E-state index in [0.29, 0.717) is 5.82 Å². The lowest BCUT2D eigenvalue weighted by molar-refractivity contribution is 1.21. The molecule has 0 unspecified atom stereocenters. The van der Waals surface area contributed by atoms with Crippen molar-refractivity contribution in [3.8, 4) is 33.8 Å². The maximum atomic E-state index is 5.19. The fraction of sp³-hybridized carbons (Fsp3) is 0.0938. The summed E-state index contributed by atoms with van der Waals surface area (Å²) in [5.41, 5.74) is 11.0. The van der Waals surface area contributed by atoms with Crippen LogP contribution in [-0.2, 0) is 0 Å². The molecule has 0 spiro atoms. The van der Waals surface area contributed by atoms with E-state index >= 15 is 0 Å². The molecule has 0 aliphatic heterocycles. The van der Waals surface area contributed by atoms with Gasteiger partial charge in [0, 0.05) is 28.1 Å². The van der Waals surface area contributed by atoms with Gasteiger partial charge in [-0.1, -0.05) is 78.4 Å². The van der Waals surface area contributed by atoms with E-state index in [9.17, 15) is 0 Å². The molecule has 6 aromatic rings. The van der Waals surface area contributed by atoms with Crippen LogP contribution in [0.5, 0.6) is 0 Å². The van der Waals surface area contributed by atoms with Crippen LogP contribution in [0.25, 0.3) is 55.6 Å². The number of nitrogens with zero attached hydrogens (tertiary/aromatic N) is 3. The highest BCUT2D eigenvalue weighted by atomic mass is 14.9. The van der Waals surface area contributed by atoms with Crippen molar-refractivity contribution in [3.05, 3.63) is 114 Å². The van der Waals surface area contributed by atoms with Gasteiger partial charge in [0.25, 0.3) is 0 Å². The van der Waals surface area contributed by atoms with E-state index in [-0.39, 0.29) is 0 Å². The summed E-state index contributed by atoms with van der Waals surface area (Å²) in [6.07, 6.45) is 1.88. The minimum Gasteiger partial charge on any atom is -0.255 e. The van der Waals surface area contributed by atoms with Crippen molar-refractivity contribution in [3.63, 3.8) is 0 Å². The number of fused-ring (bicyclic) bond motifs is 2. The molecule has 3 heteroatoms. The number of hydrogen-bond acceptors (Lipinski definition) is 3. The highest BCUT2D eigenvalue weighted by Gasteiger charge is 2.17. The van der Waals surface area contributed by atoms with Gasteiger partial charge in [0.2, 0.25) is 0 Å². The topological polar surface area (TPSA) is 38.7 Å². The molecule has 4 aromatic carbocycles. The predicted octanol–water partition coefficient (Wildman–Crippen LogP) is 8.10. The van der Waals surface area contributed by atoms with Crippen LogP contribution in [0.3, 0.4) is 0 Å². The van der Waals surface area contributed by atoms with Gasteiger partial charge in [-0.15, -0.1) is 0 Å². The van der Waals surface area contributed by atoms with Crippen molar-refractivity contribution >= 4 is 21.8 Å². The van der Waals surface area contributed by atoms with E-state index in [1.165, 1.54) is 27.8 Å². The van der Waals surface area contributed by atoms with Gasteiger partial charge in [0.1, 0.15) is 0 Å². The second kappa shape index (κ2) is 8.44. The number of pyridine rings is 1. The smallest absolute Gasteiger partial charge is 0.162 e. The van der Waals surface area contributed by atoms with Crippen molar-refractivity contribution in [2.75, 3.05) is 0 Å². The SMILES string of the molecule is Cc1cc(C)c(-c2nc(-c3cccc4c(-c5ccccc5)ccnc34)nc3ccccc23)c(C)c1. The van der Waals surface area contributed by atoms with Gasteiger partial charge < -0.3 is 0 Å². The number of aromatic nitrogens is 3. The summed E-state index contributed by atoms with van der Waals surface area (Å²) in [5, 5.41) is 2.15. The lowest BCUT2D eigenvalue weighted by atomic mass is 9.94. The van der Waals surface area contributed by atoms with Gasteiger partial charge in [-0.05, 0) is 61.2 Å². The largest absolute Gasteiger partial charge is 0.255 e. The average molecular weight is 452 g/mol. The molecule has 35 heavy (non-hydrogen) atoms. The van der Waals surface area contributed by atoms with Crippen LogP contribution in [0.2, 0.25) is 0 Å². The first-order valence-electron chi connectivity index (χ1n) is 11.9. The Morgan fingerprint density at radius 3 is 2.11 bits per heavy atom. The Kier molecular flexibility index (Phi) is 5.11. The highest BCUT2D eigenvalue weighted by Crippen LogP contribution is 2.36. The van der Waals surface area contributed by atoms with Crippen LogP contribution >= 0.6 is 0 Å². The summed E-state index contributed by atoms with van der Waals surface area (Å²) >= 11 is 0. The van der Waals surface area contributed by atoms with E-state index in [2.05, 4.69) is 99.6 Å². The fourth-order valence-corrected chi connectivity index (χ4v) is 5.17. The summed E-state index contributed by atoms with van der Waals surface area (Å²) in [6.45, 7) is 6.47. The Hall–Kier alpha value is -4.37. The molecular weight excluding hydrogens is 426 g/mol. The van der Waals surface area contributed by atoms with Gasteiger partial charge in [0.05, 0.1) is 16.7 Å². The molecule has 0 N–H and O–H groups in total. The third kappa shape index (κ3) is 3.66. The molecule has 0 saturated carbocycles. The number of para-hydroxylation sites is 2. The second-order valence-electron chi connectivity index (χ2n) is 9.11. The monoisotopic (exact) mass is 451 g/mol. The predicted molar refractivity (Wildman–Crippen MR) is 145 cm³/mol. The molecule has 0 amide bonds. The molecule has 0 radical (unpaired) electrons. The van der Waals surface area contributed by atoms with Gasteiger partial charge in [-0.2, -0.15) is 0 Å². The lowest BCUT2D eigenvalue weighted by Crippen LogP contribution is -1.99. The number of aryl methyl sites for hydroxylation is 3. The van der Waals surface area contributed by atoms with Gasteiger partial charge in [0.15, 0.2) is 5.82 Å². The van der Waals surface area contributed by atoms with Gasteiger partial charge in [-0.3, -0.25) is 4.98 Å². The molecule has 0 atom stereocenters. The molecule has 0 aliphatic rings. The first-order chi connectivity index (χ1) is 17.1. The molecule has 0 saturated heterocycles. The summed E-state index contributed by atoms with van der Waals surface area (Å²) in [5.74, 6) is 0.696. The van der Waals surface area contributed by atoms with Gasteiger partial charge >= 0.3 is 0 Å². The van der Waals surface area contributed by atoms with E-state index in [4.69, 9.17) is 15.0 Å². The third-order valence-electron chi connectivity index (χ3n) is 6.61. The molecule has 3 nitrogen and oxygen atoms in total. The Bertz CT molecular complexity index is 1700. The molecule has 0 fully saturated rings. The second-order valence-corrected chi connectivity index (χ2v) is 9.11. The van der Waals surface area contributed by atoms with Crippen LogP contribution in [0, 0.1) is 20.8 Å². The zero-order chi connectivity index (χ0) is 23.9. The molecular formula is C32H25N3. The fourth-order valence-electron chi connectivity index (χ4n) is 5.17. The maximum Gasteiger partial charge on any atom is 0.162 e. The Labute approximate surface area is 205 Å². The molecule has 6 rings (SSSR count). The van der Waals surface area contributed by atoms with E-state index in [0.717, 1.165) is 38.6 Å². The number of rotatable bonds is 3. The quantitative estimate of drug-likeness (QED) is 0.273. The summed E-state index contributed by atoms with van der Waals surface area (Å²) in [4.78, 5) is 15.0. The van der Waals surface area contributed by atoms with Crippen LogP contribution < -0.4 is 0 Å². The van der Waals surface area contributed by atoms with Crippen molar-refractivity contribution in [2.24, 2.45) is 0 Å². The third-order valence-corrected chi connectivity index (χ3v) is 6.61. The Morgan fingerprint density at radius 1 is 0.600 bits per heavy atom. The van der Waals surface area contributed by atoms with E-state index < -0.39 is 0 Å². The molecule has 2 aromatic heterocycles. The van der Waals surface area contributed by atoms with Crippen molar-refractivity contribution in [2.45, 2.75) is 20.8 Å². The lowest BCUT2D eigenvalue weighted by Gasteiger charge is -2.15.